The number of benzene rings is 1. The molecular formula is C17H20N2O4. The molecule has 0 radical (unpaired) electrons. The van der Waals surface area contributed by atoms with Crippen LogP contribution in [-0.2, 0) is 6.42 Å². The molecule has 2 N–H and O–H groups in total. The third kappa shape index (κ3) is 3.97. The van der Waals surface area contributed by atoms with Gasteiger partial charge in [0.05, 0.1) is 11.3 Å². The number of carboxylic acids is 1. The van der Waals surface area contributed by atoms with E-state index in [1.165, 1.54) is 0 Å². The largest absolute Gasteiger partial charge is 0.478 e. The number of carbonyl (C=O) groups excluding carboxylic acids is 1. The maximum atomic E-state index is 12.3. The van der Waals surface area contributed by atoms with Gasteiger partial charge in [-0.25, -0.2) is 4.79 Å². The highest BCUT2D eigenvalue weighted by Crippen LogP contribution is 2.21. The molecule has 0 aliphatic heterocycles. The van der Waals surface area contributed by atoms with E-state index in [9.17, 15) is 9.59 Å². The third-order valence-corrected chi connectivity index (χ3v) is 3.54. The Morgan fingerprint density at radius 3 is 2.48 bits per heavy atom. The molecule has 2 aromatic rings. The average Bonchev–Trinajstić information content (AvgIpc) is 2.89. The number of aromatic nitrogens is 1. The van der Waals surface area contributed by atoms with Gasteiger partial charge in [0, 0.05) is 12.5 Å². The standard InChI is InChI=1S/C17H20N2O4/c1-10(2)15-14(11(3)19-23-15)16(20)18-9-8-12-4-6-13(7-5-12)17(21)22/h4-7,10H,8-9H2,1-3H3,(H,18,20)(H,21,22). The molecule has 2 rings (SSSR count). The normalized spacial score (nSPS) is 10.8. The lowest BCUT2D eigenvalue weighted by Gasteiger charge is -2.07. The molecule has 6 heteroatoms. The van der Waals surface area contributed by atoms with Crippen LogP contribution in [0.1, 0.15) is 57.5 Å². The fourth-order valence-electron chi connectivity index (χ4n) is 2.28. The van der Waals surface area contributed by atoms with Crippen LogP contribution >= 0.6 is 0 Å². The van der Waals surface area contributed by atoms with Gasteiger partial charge in [-0.1, -0.05) is 31.1 Å². The number of amides is 1. The van der Waals surface area contributed by atoms with Crippen LogP contribution in [0.2, 0.25) is 0 Å². The molecule has 1 amide bonds. The molecule has 0 bridgehead atoms. The summed E-state index contributed by atoms with van der Waals surface area (Å²) in [4.78, 5) is 23.1. The fraction of sp³-hybridized carbons (Fsp3) is 0.353. The molecule has 23 heavy (non-hydrogen) atoms. The number of nitrogens with one attached hydrogen (secondary N) is 1. The molecular weight excluding hydrogens is 296 g/mol. The number of carbonyl (C=O) groups is 2. The van der Waals surface area contributed by atoms with Gasteiger partial charge in [0.25, 0.3) is 5.91 Å². The summed E-state index contributed by atoms with van der Waals surface area (Å²) >= 11 is 0. The van der Waals surface area contributed by atoms with Gasteiger partial charge in [0.2, 0.25) is 0 Å². The number of hydrogen-bond acceptors (Lipinski definition) is 4. The lowest BCUT2D eigenvalue weighted by molar-refractivity contribution is 0.0696. The summed E-state index contributed by atoms with van der Waals surface area (Å²) in [5.41, 5.74) is 2.29. The van der Waals surface area contributed by atoms with E-state index in [4.69, 9.17) is 9.63 Å². The van der Waals surface area contributed by atoms with Gasteiger partial charge in [-0.2, -0.15) is 0 Å². The molecule has 0 spiro atoms. The predicted octanol–water partition coefficient (Wildman–Crippen LogP) is 2.78. The average molecular weight is 316 g/mol. The van der Waals surface area contributed by atoms with Crippen LogP contribution in [-0.4, -0.2) is 28.7 Å². The first-order valence-corrected chi connectivity index (χ1v) is 7.46. The Hall–Kier alpha value is -2.63. The molecule has 0 fully saturated rings. The van der Waals surface area contributed by atoms with Gasteiger partial charge in [-0.15, -0.1) is 0 Å². The van der Waals surface area contributed by atoms with Gasteiger partial charge >= 0.3 is 5.97 Å². The molecule has 0 saturated carbocycles. The van der Waals surface area contributed by atoms with Crippen LogP contribution in [0.5, 0.6) is 0 Å². The molecule has 1 aromatic heterocycles. The van der Waals surface area contributed by atoms with E-state index in [1.807, 2.05) is 13.8 Å². The van der Waals surface area contributed by atoms with E-state index in [1.54, 1.807) is 31.2 Å². The zero-order valence-corrected chi connectivity index (χ0v) is 13.4. The Morgan fingerprint density at radius 1 is 1.26 bits per heavy atom. The second kappa shape index (κ2) is 7.09. The van der Waals surface area contributed by atoms with Gasteiger partial charge in [-0.05, 0) is 31.0 Å². The van der Waals surface area contributed by atoms with Crippen molar-refractivity contribution in [2.45, 2.75) is 33.1 Å². The molecule has 6 nitrogen and oxygen atoms in total. The SMILES string of the molecule is Cc1noc(C(C)C)c1C(=O)NCCc1ccc(C(=O)O)cc1. The molecule has 0 aliphatic carbocycles. The van der Waals surface area contributed by atoms with Crippen LogP contribution in [0, 0.1) is 6.92 Å². The minimum Gasteiger partial charge on any atom is -0.478 e. The second-order valence-electron chi connectivity index (χ2n) is 5.67. The summed E-state index contributed by atoms with van der Waals surface area (Å²) in [5, 5.41) is 15.6. The fourth-order valence-corrected chi connectivity index (χ4v) is 2.28. The summed E-state index contributed by atoms with van der Waals surface area (Å²) in [6.07, 6.45) is 0.618. The minimum absolute atomic E-state index is 0.0838. The highest BCUT2D eigenvalue weighted by molar-refractivity contribution is 5.96. The summed E-state index contributed by atoms with van der Waals surface area (Å²) in [7, 11) is 0. The number of nitrogens with zero attached hydrogens (tertiary/aromatic N) is 1. The van der Waals surface area contributed by atoms with E-state index in [2.05, 4.69) is 10.5 Å². The van der Waals surface area contributed by atoms with Crippen molar-refractivity contribution in [1.82, 2.24) is 10.5 Å². The topological polar surface area (TPSA) is 92.4 Å². The van der Waals surface area contributed by atoms with E-state index in [0.717, 1.165) is 5.56 Å². The first kappa shape index (κ1) is 16.7. The number of aryl methyl sites for hydroxylation is 1. The second-order valence-corrected chi connectivity index (χ2v) is 5.67. The van der Waals surface area contributed by atoms with Crippen molar-refractivity contribution in [2.24, 2.45) is 0 Å². The Kier molecular flexibility index (Phi) is 5.16. The monoisotopic (exact) mass is 316 g/mol. The molecule has 0 atom stereocenters. The van der Waals surface area contributed by atoms with Crippen LogP contribution in [0.4, 0.5) is 0 Å². The van der Waals surface area contributed by atoms with E-state index in [-0.39, 0.29) is 17.4 Å². The number of carboxylic acid groups (broad SMARTS) is 1. The molecule has 0 aliphatic rings. The smallest absolute Gasteiger partial charge is 0.335 e. The van der Waals surface area contributed by atoms with Gasteiger partial charge in [0.15, 0.2) is 5.76 Å². The Balaban J connectivity index is 1.95. The minimum atomic E-state index is -0.950. The van der Waals surface area contributed by atoms with Crippen molar-refractivity contribution in [3.63, 3.8) is 0 Å². The lowest BCUT2D eigenvalue weighted by atomic mass is 10.0. The molecule has 122 valence electrons. The third-order valence-electron chi connectivity index (χ3n) is 3.54. The summed E-state index contributed by atoms with van der Waals surface area (Å²) in [6.45, 7) is 6.09. The van der Waals surface area contributed by atoms with Gasteiger partial charge in [0.1, 0.15) is 5.56 Å². The molecule has 1 heterocycles. The van der Waals surface area contributed by atoms with Crippen molar-refractivity contribution in [3.05, 3.63) is 52.4 Å². The number of rotatable bonds is 6. The number of hydrogen-bond donors (Lipinski definition) is 2. The molecule has 1 aromatic carbocycles. The van der Waals surface area contributed by atoms with E-state index < -0.39 is 5.97 Å². The van der Waals surface area contributed by atoms with Crippen LogP contribution < -0.4 is 5.32 Å². The van der Waals surface area contributed by atoms with Crippen molar-refractivity contribution >= 4 is 11.9 Å². The maximum absolute atomic E-state index is 12.3. The van der Waals surface area contributed by atoms with Crippen molar-refractivity contribution in [2.75, 3.05) is 6.54 Å². The van der Waals surface area contributed by atoms with E-state index >= 15 is 0 Å². The zero-order valence-electron chi connectivity index (χ0n) is 13.4. The van der Waals surface area contributed by atoms with E-state index in [0.29, 0.717) is 30.0 Å². The molecule has 0 unspecified atom stereocenters. The highest BCUT2D eigenvalue weighted by Gasteiger charge is 2.22. The Morgan fingerprint density at radius 2 is 1.91 bits per heavy atom. The Labute approximate surface area is 134 Å². The van der Waals surface area contributed by atoms with Gasteiger partial charge in [-0.3, -0.25) is 4.79 Å². The first-order chi connectivity index (χ1) is 10.9. The van der Waals surface area contributed by atoms with Crippen LogP contribution in [0.25, 0.3) is 0 Å². The predicted molar refractivity (Wildman–Crippen MR) is 84.8 cm³/mol. The summed E-state index contributed by atoms with van der Waals surface area (Å²) in [6, 6.07) is 6.61. The highest BCUT2D eigenvalue weighted by atomic mass is 16.5. The first-order valence-electron chi connectivity index (χ1n) is 7.46. The van der Waals surface area contributed by atoms with Crippen molar-refractivity contribution in [3.8, 4) is 0 Å². The quantitative estimate of drug-likeness (QED) is 0.855. The van der Waals surface area contributed by atoms with Crippen LogP contribution in [0.3, 0.4) is 0 Å². The van der Waals surface area contributed by atoms with Crippen molar-refractivity contribution in [1.29, 1.82) is 0 Å². The lowest BCUT2D eigenvalue weighted by Crippen LogP contribution is -2.27. The maximum Gasteiger partial charge on any atom is 0.335 e. The zero-order chi connectivity index (χ0) is 17.0. The Bertz CT molecular complexity index is 702. The molecule has 0 saturated heterocycles. The van der Waals surface area contributed by atoms with Crippen molar-refractivity contribution < 1.29 is 19.2 Å². The summed E-state index contributed by atoms with van der Waals surface area (Å²) < 4.78 is 5.21. The van der Waals surface area contributed by atoms with Gasteiger partial charge < -0.3 is 14.9 Å². The summed E-state index contributed by atoms with van der Waals surface area (Å²) in [5.74, 6) is -0.477. The number of aromatic carboxylic acids is 1. The van der Waals surface area contributed by atoms with Crippen LogP contribution in [0.15, 0.2) is 28.8 Å².